The molecule has 1 saturated carbocycles. The van der Waals surface area contributed by atoms with Crippen LogP contribution < -0.4 is 26.0 Å². The van der Waals surface area contributed by atoms with Crippen LogP contribution >= 0.6 is 0 Å². The van der Waals surface area contributed by atoms with E-state index in [1.54, 1.807) is 47.3 Å². The quantitative estimate of drug-likeness (QED) is 0.366. The van der Waals surface area contributed by atoms with E-state index in [1.165, 1.54) is 9.25 Å². The number of hydrogen-bond acceptors (Lipinski definition) is 6. The molecule has 1 aliphatic heterocycles. The number of ether oxygens (including phenoxy) is 1. The van der Waals surface area contributed by atoms with E-state index in [2.05, 4.69) is 10.1 Å². The Labute approximate surface area is 230 Å². The fourth-order valence-electron chi connectivity index (χ4n) is 5.00. The lowest BCUT2D eigenvalue weighted by molar-refractivity contribution is 0.1000. The van der Waals surface area contributed by atoms with Gasteiger partial charge in [0.2, 0.25) is 5.91 Å². The molecule has 0 atom stereocenters. The summed E-state index contributed by atoms with van der Waals surface area (Å²) in [4.78, 5) is 45.8. The number of carbonyl (C=O) groups is 2. The summed E-state index contributed by atoms with van der Waals surface area (Å²) in [7, 11) is 1.61. The number of amides is 3. The van der Waals surface area contributed by atoms with E-state index in [1.807, 2.05) is 37.3 Å². The van der Waals surface area contributed by atoms with Crippen LogP contribution in [0.5, 0.6) is 6.01 Å². The summed E-state index contributed by atoms with van der Waals surface area (Å²) in [5.74, 6) is 0.0605. The monoisotopic (exact) mass is 539 g/mol. The highest BCUT2D eigenvalue weighted by atomic mass is 16.5. The lowest BCUT2D eigenvalue weighted by Crippen LogP contribution is -2.33. The standard InChI is InChI=1S/C29H29N7O4/c1-3-23-24(18-7-9-20(10-8-18)36-27(40-22-11-12-22)32-33(2)28(36)38)13-14-31-26(23)35-16-15-34(29(35)39)21-6-4-5-19(17-21)25(30)37/h4-10,13-14,17,22H,3,11-12,15-16H2,1-2H3,(H2,30,37). The van der Waals surface area contributed by atoms with Gasteiger partial charge >= 0.3 is 17.7 Å². The highest BCUT2D eigenvalue weighted by molar-refractivity contribution is 6.07. The summed E-state index contributed by atoms with van der Waals surface area (Å²) < 4.78 is 8.62. The zero-order chi connectivity index (χ0) is 28.0. The van der Waals surface area contributed by atoms with Crippen molar-refractivity contribution in [3.05, 3.63) is 82.4 Å². The summed E-state index contributed by atoms with van der Waals surface area (Å²) in [5, 5.41) is 4.25. The van der Waals surface area contributed by atoms with Crippen molar-refractivity contribution in [2.75, 3.05) is 22.9 Å². The third-order valence-electron chi connectivity index (χ3n) is 7.22. The molecule has 2 N–H and O–H groups in total. The Balaban J connectivity index is 1.30. The Bertz CT molecular complexity index is 1670. The average Bonchev–Trinajstić information content (AvgIpc) is 3.64. The molecule has 2 aromatic carbocycles. The van der Waals surface area contributed by atoms with Crippen molar-refractivity contribution < 1.29 is 14.3 Å². The van der Waals surface area contributed by atoms with Crippen LogP contribution in [0.2, 0.25) is 0 Å². The highest BCUT2D eigenvalue weighted by Gasteiger charge is 2.33. The predicted octanol–water partition coefficient (Wildman–Crippen LogP) is 3.28. The molecule has 2 aliphatic rings. The predicted molar refractivity (Wildman–Crippen MR) is 150 cm³/mol. The molecule has 0 bridgehead atoms. The maximum atomic E-state index is 13.5. The molecular weight excluding hydrogens is 510 g/mol. The largest absolute Gasteiger partial charge is 0.460 e. The van der Waals surface area contributed by atoms with Gasteiger partial charge < -0.3 is 10.5 Å². The second kappa shape index (κ2) is 9.99. The summed E-state index contributed by atoms with van der Waals surface area (Å²) in [5.41, 5.74) is 9.61. The van der Waals surface area contributed by atoms with Gasteiger partial charge in [0.05, 0.1) is 5.69 Å². The van der Waals surface area contributed by atoms with Crippen molar-refractivity contribution in [1.29, 1.82) is 0 Å². The smallest absolute Gasteiger partial charge is 0.353 e. The molecule has 11 heteroatoms. The average molecular weight is 540 g/mol. The van der Waals surface area contributed by atoms with E-state index in [-0.39, 0.29) is 17.8 Å². The fraction of sp³-hybridized carbons (Fsp3) is 0.276. The maximum absolute atomic E-state index is 13.5. The van der Waals surface area contributed by atoms with E-state index in [0.29, 0.717) is 48.3 Å². The van der Waals surface area contributed by atoms with Gasteiger partial charge in [0, 0.05) is 43.1 Å². The zero-order valence-corrected chi connectivity index (χ0v) is 22.3. The molecule has 40 heavy (non-hydrogen) atoms. The number of nitrogens with two attached hydrogens (primary N) is 1. The Morgan fingerprint density at radius 3 is 2.48 bits per heavy atom. The Kier molecular flexibility index (Phi) is 6.33. The van der Waals surface area contributed by atoms with Crippen LogP contribution in [0, 0.1) is 0 Å². The van der Waals surface area contributed by atoms with Crippen molar-refractivity contribution in [1.82, 2.24) is 19.3 Å². The third-order valence-corrected chi connectivity index (χ3v) is 7.22. The van der Waals surface area contributed by atoms with Gasteiger partial charge in [0.1, 0.15) is 11.9 Å². The summed E-state index contributed by atoms with van der Waals surface area (Å²) >= 11 is 0. The molecule has 0 unspecified atom stereocenters. The van der Waals surface area contributed by atoms with Gasteiger partial charge in [-0.2, -0.15) is 0 Å². The first-order valence-corrected chi connectivity index (χ1v) is 13.3. The van der Waals surface area contributed by atoms with Gasteiger partial charge in [-0.3, -0.25) is 14.6 Å². The molecule has 3 amide bonds. The molecule has 6 rings (SSSR count). The summed E-state index contributed by atoms with van der Waals surface area (Å²) in [6, 6.07) is 16.4. The van der Waals surface area contributed by atoms with Crippen LogP contribution in [0.1, 0.15) is 35.7 Å². The fourth-order valence-corrected chi connectivity index (χ4v) is 5.00. The van der Waals surface area contributed by atoms with E-state index in [9.17, 15) is 14.4 Å². The van der Waals surface area contributed by atoms with Crippen molar-refractivity contribution in [3.8, 4) is 22.8 Å². The number of nitrogens with zero attached hydrogens (tertiary/aromatic N) is 6. The minimum atomic E-state index is -0.543. The SMILES string of the molecule is CCc1c(-c2ccc(-n3c(OC4CC4)nn(C)c3=O)cc2)ccnc1N1CCN(c2cccc(C(N)=O)c2)C1=O. The van der Waals surface area contributed by atoms with Gasteiger partial charge in [-0.05, 0) is 66.8 Å². The molecule has 2 aromatic heterocycles. The van der Waals surface area contributed by atoms with Crippen LogP contribution in [0.15, 0.2) is 65.6 Å². The Morgan fingerprint density at radius 1 is 1.02 bits per heavy atom. The van der Waals surface area contributed by atoms with E-state index in [0.717, 1.165) is 29.5 Å². The van der Waals surface area contributed by atoms with Crippen molar-refractivity contribution in [2.24, 2.45) is 12.8 Å². The van der Waals surface area contributed by atoms with Gasteiger partial charge in [0.15, 0.2) is 0 Å². The maximum Gasteiger partial charge on any atom is 0.353 e. The molecule has 0 spiro atoms. The number of aromatic nitrogens is 4. The second-order valence-electron chi connectivity index (χ2n) is 9.90. The number of anilines is 2. The minimum absolute atomic E-state index is 0.110. The third kappa shape index (κ3) is 4.49. The van der Waals surface area contributed by atoms with Crippen molar-refractivity contribution in [2.45, 2.75) is 32.3 Å². The zero-order valence-electron chi connectivity index (χ0n) is 22.3. The lowest BCUT2D eigenvalue weighted by atomic mass is 9.98. The number of hydrogen-bond donors (Lipinski definition) is 1. The van der Waals surface area contributed by atoms with Crippen LogP contribution in [0.25, 0.3) is 16.8 Å². The normalized spacial score (nSPS) is 15.1. The van der Waals surface area contributed by atoms with Crippen LogP contribution in [-0.2, 0) is 13.5 Å². The van der Waals surface area contributed by atoms with Crippen molar-refractivity contribution >= 4 is 23.4 Å². The van der Waals surface area contributed by atoms with E-state index < -0.39 is 5.91 Å². The topological polar surface area (TPSA) is 129 Å². The van der Waals surface area contributed by atoms with E-state index in [4.69, 9.17) is 10.5 Å². The van der Waals surface area contributed by atoms with E-state index >= 15 is 0 Å². The Hall–Kier alpha value is -4.93. The highest BCUT2D eigenvalue weighted by Crippen LogP contribution is 2.34. The van der Waals surface area contributed by atoms with Gasteiger partial charge in [-0.25, -0.2) is 23.8 Å². The van der Waals surface area contributed by atoms with Crippen LogP contribution in [0.3, 0.4) is 0 Å². The van der Waals surface area contributed by atoms with Crippen LogP contribution in [-0.4, -0.2) is 50.5 Å². The number of benzene rings is 2. The second-order valence-corrected chi connectivity index (χ2v) is 9.90. The first-order valence-electron chi connectivity index (χ1n) is 13.3. The number of urea groups is 1. The molecule has 1 aliphatic carbocycles. The molecule has 1 saturated heterocycles. The first-order chi connectivity index (χ1) is 19.4. The van der Waals surface area contributed by atoms with Gasteiger partial charge in [-0.1, -0.05) is 25.1 Å². The molecule has 11 nitrogen and oxygen atoms in total. The number of pyridine rings is 1. The minimum Gasteiger partial charge on any atom is -0.460 e. The van der Waals surface area contributed by atoms with Gasteiger partial charge in [0.25, 0.3) is 0 Å². The number of aryl methyl sites for hydroxylation is 1. The molecule has 0 radical (unpaired) electrons. The Morgan fingerprint density at radius 2 is 1.77 bits per heavy atom. The molecule has 3 heterocycles. The lowest BCUT2D eigenvalue weighted by Gasteiger charge is -2.22. The number of carbonyl (C=O) groups excluding carboxylic acids is 2. The first kappa shape index (κ1) is 25.4. The van der Waals surface area contributed by atoms with Crippen LogP contribution in [0.4, 0.5) is 16.3 Å². The summed E-state index contributed by atoms with van der Waals surface area (Å²) in [6.07, 6.45) is 4.39. The molecule has 4 aromatic rings. The molecular formula is C29H29N7O4. The van der Waals surface area contributed by atoms with Gasteiger partial charge in [-0.15, -0.1) is 5.10 Å². The number of primary amides is 1. The van der Waals surface area contributed by atoms with Crippen molar-refractivity contribution in [3.63, 3.8) is 0 Å². The summed E-state index contributed by atoms with van der Waals surface area (Å²) in [6.45, 7) is 2.94. The molecule has 2 fully saturated rings. The molecule has 204 valence electrons. The number of rotatable bonds is 8.